The Kier molecular flexibility index (Phi) is 3.97. The van der Waals surface area contributed by atoms with Crippen molar-refractivity contribution in [2.75, 3.05) is 30.8 Å². The Bertz CT molecular complexity index is 536. The molecule has 9 heteroatoms. The number of methoxy groups -OCH3 is 1. The second-order valence-corrected chi connectivity index (χ2v) is 4.51. The number of nitro groups is 1. The Morgan fingerprint density at radius 2 is 2.40 bits per heavy atom. The van der Waals surface area contributed by atoms with Crippen molar-refractivity contribution < 1.29 is 14.5 Å². The Morgan fingerprint density at radius 3 is 3.00 bits per heavy atom. The van der Waals surface area contributed by atoms with Crippen molar-refractivity contribution in [1.82, 2.24) is 9.97 Å². The van der Waals surface area contributed by atoms with Crippen LogP contribution in [-0.2, 0) is 9.53 Å². The van der Waals surface area contributed by atoms with E-state index >= 15 is 0 Å². The zero-order valence-corrected chi connectivity index (χ0v) is 11.0. The van der Waals surface area contributed by atoms with Crippen molar-refractivity contribution in [3.8, 4) is 0 Å². The number of piperidine rings is 1. The van der Waals surface area contributed by atoms with E-state index in [1.54, 1.807) is 4.90 Å². The number of nitrogens with zero attached hydrogens (tertiary/aromatic N) is 4. The van der Waals surface area contributed by atoms with E-state index in [-0.39, 0.29) is 23.4 Å². The van der Waals surface area contributed by atoms with Gasteiger partial charge in [0.1, 0.15) is 6.20 Å². The fraction of sp³-hybridized carbons (Fsp3) is 0.545. The molecule has 1 saturated heterocycles. The first-order valence-corrected chi connectivity index (χ1v) is 6.12. The molecular weight excluding hydrogens is 266 g/mol. The summed E-state index contributed by atoms with van der Waals surface area (Å²) in [5.74, 6) is -0.403. The van der Waals surface area contributed by atoms with Gasteiger partial charge in [0.2, 0.25) is 11.8 Å². The van der Waals surface area contributed by atoms with Crippen LogP contribution in [-0.4, -0.2) is 41.1 Å². The summed E-state index contributed by atoms with van der Waals surface area (Å²) in [6.45, 7) is 1.09. The molecule has 0 unspecified atom stereocenters. The summed E-state index contributed by atoms with van der Waals surface area (Å²) in [6, 6.07) is 0. The van der Waals surface area contributed by atoms with Gasteiger partial charge in [-0.25, -0.2) is 4.98 Å². The quantitative estimate of drug-likeness (QED) is 0.478. The maximum absolute atomic E-state index is 11.6. The summed E-state index contributed by atoms with van der Waals surface area (Å²) < 4.78 is 4.73. The van der Waals surface area contributed by atoms with E-state index < -0.39 is 4.92 Å². The molecule has 0 saturated carbocycles. The molecule has 0 spiro atoms. The van der Waals surface area contributed by atoms with Crippen LogP contribution in [0.1, 0.15) is 12.8 Å². The molecule has 2 N–H and O–H groups in total. The molecule has 1 atom stereocenters. The van der Waals surface area contributed by atoms with Crippen molar-refractivity contribution in [2.24, 2.45) is 5.92 Å². The lowest BCUT2D eigenvalue weighted by atomic mass is 9.98. The highest BCUT2D eigenvalue weighted by molar-refractivity contribution is 5.73. The van der Waals surface area contributed by atoms with Gasteiger partial charge in [-0.05, 0) is 12.8 Å². The minimum Gasteiger partial charge on any atom is -0.469 e. The van der Waals surface area contributed by atoms with Crippen molar-refractivity contribution in [2.45, 2.75) is 12.8 Å². The highest BCUT2D eigenvalue weighted by Gasteiger charge is 2.28. The van der Waals surface area contributed by atoms with Crippen molar-refractivity contribution in [1.29, 1.82) is 0 Å². The Morgan fingerprint density at radius 1 is 1.65 bits per heavy atom. The average molecular weight is 281 g/mol. The van der Waals surface area contributed by atoms with E-state index in [9.17, 15) is 14.9 Å². The summed E-state index contributed by atoms with van der Waals surface area (Å²) in [7, 11) is 1.35. The fourth-order valence-electron chi connectivity index (χ4n) is 2.19. The number of hydrogen-bond acceptors (Lipinski definition) is 8. The zero-order chi connectivity index (χ0) is 14.7. The minimum atomic E-state index is -0.632. The summed E-state index contributed by atoms with van der Waals surface area (Å²) in [5.41, 5.74) is 5.21. The molecule has 108 valence electrons. The first-order valence-electron chi connectivity index (χ1n) is 6.12. The molecule has 1 aliphatic heterocycles. The molecule has 1 aliphatic rings. The number of ether oxygens (including phenoxy) is 1. The van der Waals surface area contributed by atoms with E-state index in [0.29, 0.717) is 19.0 Å². The molecule has 20 heavy (non-hydrogen) atoms. The number of nitrogens with two attached hydrogens (primary N) is 1. The van der Waals surface area contributed by atoms with Crippen LogP contribution < -0.4 is 10.6 Å². The smallest absolute Gasteiger partial charge is 0.329 e. The first-order chi connectivity index (χ1) is 9.52. The number of carbonyl (C=O) groups is 1. The summed E-state index contributed by atoms with van der Waals surface area (Å²) in [4.78, 5) is 31.2. The number of esters is 1. The molecule has 1 fully saturated rings. The predicted octanol–water partition coefficient (Wildman–Crippen LogP) is 0.356. The maximum Gasteiger partial charge on any atom is 0.329 e. The van der Waals surface area contributed by atoms with E-state index in [1.807, 2.05) is 0 Å². The van der Waals surface area contributed by atoms with Gasteiger partial charge in [-0.15, -0.1) is 0 Å². The van der Waals surface area contributed by atoms with Crippen molar-refractivity contribution in [3.63, 3.8) is 0 Å². The molecule has 2 heterocycles. The van der Waals surface area contributed by atoms with Gasteiger partial charge in [-0.2, -0.15) is 4.98 Å². The Labute approximate surface area is 114 Å². The van der Waals surface area contributed by atoms with Crippen LogP contribution in [0.15, 0.2) is 6.20 Å². The van der Waals surface area contributed by atoms with Crippen molar-refractivity contribution >= 4 is 23.4 Å². The van der Waals surface area contributed by atoms with Crippen LogP contribution in [0.25, 0.3) is 0 Å². The summed E-state index contributed by atoms with van der Waals surface area (Å²) in [5, 5.41) is 10.7. The lowest BCUT2D eigenvalue weighted by Crippen LogP contribution is -2.40. The van der Waals surface area contributed by atoms with Gasteiger partial charge >= 0.3 is 11.7 Å². The van der Waals surface area contributed by atoms with Crippen LogP contribution in [0, 0.1) is 16.0 Å². The molecule has 1 aromatic rings. The van der Waals surface area contributed by atoms with E-state index in [0.717, 1.165) is 19.0 Å². The zero-order valence-electron chi connectivity index (χ0n) is 11.0. The van der Waals surface area contributed by atoms with Crippen LogP contribution in [0.3, 0.4) is 0 Å². The number of hydrogen-bond donors (Lipinski definition) is 1. The lowest BCUT2D eigenvalue weighted by molar-refractivity contribution is -0.384. The van der Waals surface area contributed by atoms with Crippen LogP contribution in [0.4, 0.5) is 17.5 Å². The summed E-state index contributed by atoms with van der Waals surface area (Å²) in [6.07, 6.45) is 2.62. The van der Waals surface area contributed by atoms with Gasteiger partial charge in [-0.3, -0.25) is 14.9 Å². The first kappa shape index (κ1) is 14.0. The highest BCUT2D eigenvalue weighted by Crippen LogP contribution is 2.24. The monoisotopic (exact) mass is 281 g/mol. The minimum absolute atomic E-state index is 0.180. The molecule has 0 amide bonds. The van der Waals surface area contributed by atoms with E-state index in [1.165, 1.54) is 7.11 Å². The second kappa shape index (κ2) is 5.68. The largest absolute Gasteiger partial charge is 0.469 e. The number of anilines is 2. The molecular formula is C11H15N5O4. The topological polar surface area (TPSA) is 124 Å². The lowest BCUT2D eigenvalue weighted by Gasteiger charge is -2.31. The SMILES string of the molecule is COC(=O)[C@H]1CCCN(c2ncc([N+](=O)[O-])c(N)n2)C1. The third kappa shape index (κ3) is 2.76. The third-order valence-electron chi connectivity index (χ3n) is 3.22. The number of carbonyl (C=O) groups excluding carboxylic acids is 1. The average Bonchev–Trinajstić information content (AvgIpc) is 2.46. The number of nitrogen functional groups attached to an aromatic ring is 1. The van der Waals surface area contributed by atoms with Gasteiger partial charge in [0.25, 0.3) is 0 Å². The van der Waals surface area contributed by atoms with Gasteiger partial charge in [0.05, 0.1) is 18.0 Å². The molecule has 0 aromatic carbocycles. The van der Waals surface area contributed by atoms with Gasteiger partial charge in [0.15, 0.2) is 0 Å². The normalized spacial score (nSPS) is 18.6. The Balaban J connectivity index is 2.17. The second-order valence-electron chi connectivity index (χ2n) is 4.51. The van der Waals surface area contributed by atoms with E-state index in [4.69, 9.17) is 10.5 Å². The molecule has 0 aliphatic carbocycles. The Hall–Kier alpha value is -2.45. The van der Waals surface area contributed by atoms with Crippen LogP contribution >= 0.6 is 0 Å². The number of aromatic nitrogens is 2. The van der Waals surface area contributed by atoms with Gasteiger partial charge in [0, 0.05) is 13.1 Å². The van der Waals surface area contributed by atoms with E-state index in [2.05, 4.69) is 9.97 Å². The van der Waals surface area contributed by atoms with Crippen molar-refractivity contribution in [3.05, 3.63) is 16.3 Å². The highest BCUT2D eigenvalue weighted by atomic mass is 16.6. The van der Waals surface area contributed by atoms with Crippen LogP contribution in [0.5, 0.6) is 0 Å². The molecule has 0 radical (unpaired) electrons. The molecule has 1 aromatic heterocycles. The number of rotatable bonds is 3. The van der Waals surface area contributed by atoms with Crippen LogP contribution in [0.2, 0.25) is 0 Å². The maximum atomic E-state index is 11.6. The standard InChI is InChI=1S/C11H15N5O4/c1-20-10(17)7-3-2-4-15(6-7)11-13-5-8(16(18)19)9(12)14-11/h5,7H,2-4,6H2,1H3,(H2,12,13,14)/t7-/m0/s1. The predicted molar refractivity (Wildman–Crippen MR) is 70.1 cm³/mol. The van der Waals surface area contributed by atoms with Gasteiger partial charge in [-0.1, -0.05) is 0 Å². The third-order valence-corrected chi connectivity index (χ3v) is 3.22. The molecule has 2 rings (SSSR count). The molecule has 9 nitrogen and oxygen atoms in total. The molecule has 0 bridgehead atoms. The fourth-order valence-corrected chi connectivity index (χ4v) is 2.19. The van der Waals surface area contributed by atoms with Gasteiger partial charge < -0.3 is 15.4 Å². The summed E-state index contributed by atoms with van der Waals surface area (Å²) >= 11 is 0.